The van der Waals surface area contributed by atoms with Crippen LogP contribution in [0, 0.1) is 26.7 Å². The Morgan fingerprint density at radius 2 is 1.74 bits per heavy atom. The van der Waals surface area contributed by atoms with Crippen molar-refractivity contribution >= 4 is 34.6 Å². The molecule has 1 unspecified atom stereocenters. The number of aliphatic carboxylic acids is 1. The van der Waals surface area contributed by atoms with Gasteiger partial charge >= 0.3 is 5.97 Å². The molecule has 2 atom stereocenters. The first-order valence-corrected chi connectivity index (χ1v) is 12.9. The fourth-order valence-electron chi connectivity index (χ4n) is 4.47. The number of aliphatic imine (C=N–C) groups is 1. The quantitative estimate of drug-likeness (QED) is 0.358. The average molecular weight is 530 g/mol. The molecule has 0 radical (unpaired) electrons. The summed E-state index contributed by atoms with van der Waals surface area (Å²) in [6.07, 6.45) is 0. The van der Waals surface area contributed by atoms with E-state index in [-0.39, 0.29) is 5.91 Å². The Kier molecular flexibility index (Phi) is 6.58. The van der Waals surface area contributed by atoms with E-state index in [1.807, 2.05) is 42.7 Å². The van der Waals surface area contributed by atoms with Gasteiger partial charge in [-0.15, -0.1) is 21.5 Å². The number of benzene rings is 2. The maximum absolute atomic E-state index is 12.7. The fourth-order valence-corrected chi connectivity index (χ4v) is 5.69. The molecule has 2 N–H and O–H groups in total. The van der Waals surface area contributed by atoms with Crippen LogP contribution >= 0.6 is 11.3 Å². The van der Waals surface area contributed by atoms with Crippen LogP contribution in [0.3, 0.4) is 0 Å². The molecule has 2 aromatic heterocycles. The third-order valence-corrected chi connectivity index (χ3v) is 8.01. The number of hydrogen-bond acceptors (Lipinski definition) is 7. The summed E-state index contributed by atoms with van der Waals surface area (Å²) >= 11 is 1.61. The van der Waals surface area contributed by atoms with Gasteiger partial charge in [0.05, 0.1) is 18.7 Å². The molecule has 0 fully saturated rings. The monoisotopic (exact) mass is 529 g/mol. The summed E-state index contributed by atoms with van der Waals surface area (Å²) in [7, 11) is 1.58. The number of rotatable bonds is 6. The highest BCUT2D eigenvalue weighted by Crippen LogP contribution is 2.40. The number of carbonyl (C=O) groups is 2. The van der Waals surface area contributed by atoms with Crippen LogP contribution in [-0.4, -0.2) is 44.6 Å². The molecular weight excluding hydrogens is 502 g/mol. The Morgan fingerprint density at radius 1 is 1.05 bits per heavy atom. The second-order valence-corrected chi connectivity index (χ2v) is 10.4. The van der Waals surface area contributed by atoms with Crippen LogP contribution in [0.15, 0.2) is 53.5 Å². The number of aryl methyl sites for hydroxylation is 2. The van der Waals surface area contributed by atoms with Gasteiger partial charge in [-0.3, -0.25) is 19.1 Å². The van der Waals surface area contributed by atoms with Crippen LogP contribution in [0.2, 0.25) is 0 Å². The number of nitrogens with one attached hydrogen (secondary N) is 1. The van der Waals surface area contributed by atoms with Crippen LogP contribution in [0.4, 0.5) is 5.69 Å². The van der Waals surface area contributed by atoms with Crippen LogP contribution in [-0.2, 0) is 4.79 Å². The third-order valence-electron chi connectivity index (χ3n) is 6.82. The van der Waals surface area contributed by atoms with Crippen LogP contribution in [0.25, 0.3) is 5.00 Å². The summed E-state index contributed by atoms with van der Waals surface area (Å²) in [4.78, 5) is 30.9. The van der Waals surface area contributed by atoms with Crippen molar-refractivity contribution in [1.29, 1.82) is 0 Å². The zero-order chi connectivity index (χ0) is 27.1. The topological polar surface area (TPSA) is 119 Å². The average Bonchev–Trinajstić information content (AvgIpc) is 3.38. The number of nitrogens with zero attached hydrogens (tertiary/aromatic N) is 4. The number of amides is 1. The lowest BCUT2D eigenvalue weighted by Gasteiger charge is -2.16. The van der Waals surface area contributed by atoms with Gasteiger partial charge in [-0.25, -0.2) is 0 Å². The van der Waals surface area contributed by atoms with Gasteiger partial charge in [0.2, 0.25) is 0 Å². The second-order valence-electron chi connectivity index (χ2n) is 9.21. The van der Waals surface area contributed by atoms with Crippen molar-refractivity contribution in [3.05, 3.63) is 87.3 Å². The number of carboxylic acid groups (broad SMARTS) is 1. The van der Waals surface area contributed by atoms with Gasteiger partial charge in [-0.1, -0.05) is 12.1 Å². The molecule has 0 saturated heterocycles. The Balaban J connectivity index is 1.55. The fraction of sp³-hybridized carbons (Fsp3) is 0.250. The van der Waals surface area contributed by atoms with Crippen molar-refractivity contribution in [2.45, 2.75) is 33.7 Å². The predicted molar refractivity (Wildman–Crippen MR) is 146 cm³/mol. The number of hydrogen-bond donors (Lipinski definition) is 2. The van der Waals surface area contributed by atoms with Gasteiger partial charge in [-0.05, 0) is 69.7 Å². The summed E-state index contributed by atoms with van der Waals surface area (Å²) in [5.41, 5.74) is 4.66. The molecule has 2 aromatic carbocycles. The van der Waals surface area contributed by atoms with Gasteiger partial charge in [0, 0.05) is 27.3 Å². The third kappa shape index (κ3) is 4.37. The highest BCUT2D eigenvalue weighted by molar-refractivity contribution is 7.15. The highest BCUT2D eigenvalue weighted by atomic mass is 32.1. The lowest BCUT2D eigenvalue weighted by atomic mass is 9.98. The Morgan fingerprint density at radius 3 is 2.37 bits per heavy atom. The molecule has 1 aliphatic rings. The minimum Gasteiger partial charge on any atom is -0.497 e. The van der Waals surface area contributed by atoms with E-state index in [0.717, 1.165) is 26.6 Å². The van der Waals surface area contributed by atoms with E-state index in [9.17, 15) is 14.7 Å². The lowest BCUT2D eigenvalue weighted by Crippen LogP contribution is -2.21. The minimum absolute atomic E-state index is 0.234. The first-order chi connectivity index (χ1) is 18.2. The Labute approximate surface area is 223 Å². The van der Waals surface area contributed by atoms with Gasteiger partial charge < -0.3 is 15.2 Å². The molecule has 0 bridgehead atoms. The highest BCUT2D eigenvalue weighted by Gasteiger charge is 2.36. The van der Waals surface area contributed by atoms with Gasteiger partial charge in [0.25, 0.3) is 5.91 Å². The zero-order valence-electron chi connectivity index (χ0n) is 21.6. The molecule has 0 aliphatic carbocycles. The number of fused-ring (bicyclic) bond motifs is 3. The second kappa shape index (κ2) is 9.86. The summed E-state index contributed by atoms with van der Waals surface area (Å²) < 4.78 is 7.09. The SMILES string of the molecule is COc1ccc(C(=O)Nc2ccc(C3=NC([C@H](C)C(=O)O)c4nnc(C)n4-c4sc(C)c(C)c43)cc2)cc1. The first kappa shape index (κ1) is 25.3. The largest absolute Gasteiger partial charge is 0.497 e. The summed E-state index contributed by atoms with van der Waals surface area (Å²) in [5.74, 6) is -0.137. The minimum atomic E-state index is -0.958. The molecular formula is C28H27N5O4S. The smallest absolute Gasteiger partial charge is 0.308 e. The first-order valence-electron chi connectivity index (χ1n) is 12.1. The summed E-state index contributed by atoms with van der Waals surface area (Å²) in [5, 5.41) is 22.3. The van der Waals surface area contributed by atoms with Gasteiger partial charge in [-0.2, -0.15) is 0 Å². The maximum atomic E-state index is 12.7. The molecule has 38 heavy (non-hydrogen) atoms. The number of carboxylic acids is 1. The van der Waals surface area contributed by atoms with Gasteiger partial charge in [0.15, 0.2) is 5.82 Å². The molecule has 3 heterocycles. The van der Waals surface area contributed by atoms with Crippen molar-refractivity contribution in [1.82, 2.24) is 14.8 Å². The van der Waals surface area contributed by atoms with E-state index >= 15 is 0 Å². The van der Waals surface area contributed by atoms with E-state index in [0.29, 0.717) is 34.4 Å². The molecule has 0 spiro atoms. The van der Waals surface area contributed by atoms with Crippen LogP contribution in [0.1, 0.15) is 56.5 Å². The number of aromatic nitrogens is 3. The Hall–Kier alpha value is -4.31. The van der Waals surface area contributed by atoms with Crippen molar-refractivity contribution in [2.24, 2.45) is 10.9 Å². The van der Waals surface area contributed by atoms with E-state index in [1.165, 1.54) is 0 Å². The predicted octanol–water partition coefficient (Wildman–Crippen LogP) is 5.13. The van der Waals surface area contributed by atoms with Crippen molar-refractivity contribution in [2.75, 3.05) is 12.4 Å². The molecule has 0 saturated carbocycles. The van der Waals surface area contributed by atoms with Crippen LogP contribution < -0.4 is 10.1 Å². The van der Waals surface area contributed by atoms with E-state index in [2.05, 4.69) is 22.4 Å². The number of methoxy groups -OCH3 is 1. The molecule has 1 aliphatic heterocycles. The van der Waals surface area contributed by atoms with Crippen LogP contribution in [0.5, 0.6) is 5.75 Å². The number of thiophene rings is 1. The van der Waals surface area contributed by atoms with Gasteiger partial charge in [0.1, 0.15) is 22.6 Å². The van der Waals surface area contributed by atoms with Crippen molar-refractivity contribution < 1.29 is 19.4 Å². The maximum Gasteiger partial charge on any atom is 0.308 e. The number of carbonyl (C=O) groups excluding carboxylic acids is 1. The molecule has 10 heteroatoms. The van der Waals surface area contributed by atoms with E-state index < -0.39 is 17.9 Å². The molecule has 4 aromatic rings. The Bertz CT molecular complexity index is 1570. The summed E-state index contributed by atoms with van der Waals surface area (Å²) in [6, 6.07) is 13.6. The number of ether oxygens (including phenoxy) is 1. The van der Waals surface area contributed by atoms with Crippen molar-refractivity contribution in [3.63, 3.8) is 0 Å². The molecule has 194 valence electrons. The molecule has 5 rings (SSSR count). The normalized spacial score (nSPS) is 15.1. The van der Waals surface area contributed by atoms with Crippen molar-refractivity contribution in [3.8, 4) is 10.8 Å². The lowest BCUT2D eigenvalue weighted by molar-refractivity contribution is -0.141. The van der Waals surface area contributed by atoms with E-state index in [1.54, 1.807) is 49.6 Å². The van der Waals surface area contributed by atoms with E-state index in [4.69, 9.17) is 9.73 Å². The number of anilines is 1. The molecule has 9 nitrogen and oxygen atoms in total. The zero-order valence-corrected chi connectivity index (χ0v) is 22.5. The standard InChI is InChI=1S/C28H27N5O4S/c1-14-16(3)38-27-22(14)24(30-23(15(2)28(35)36)25-32-31-17(4)33(25)27)18-6-10-20(11-7-18)29-26(34)19-8-12-21(37-5)13-9-19/h6-13,15,23H,1-5H3,(H,29,34)(H,35,36)/t15-,23?/m0/s1. The molecule has 1 amide bonds. The summed E-state index contributed by atoms with van der Waals surface area (Å²) in [6.45, 7) is 7.60.